The number of nitrogens with two attached hydrogens (primary N) is 1. The van der Waals surface area contributed by atoms with Crippen LogP contribution in [0, 0.1) is 5.92 Å². The number of rotatable bonds is 6. The van der Waals surface area contributed by atoms with Gasteiger partial charge in [0.15, 0.2) is 0 Å². The topological polar surface area (TPSA) is 38.5 Å². The SMILES string of the molecule is CCC1(C)CC(CN)(N(CC2CC2)C2CC2)CCO1. The van der Waals surface area contributed by atoms with Crippen molar-refractivity contribution in [3.05, 3.63) is 0 Å². The molecule has 3 heteroatoms. The average molecular weight is 266 g/mol. The third-order valence-corrected chi connectivity index (χ3v) is 5.60. The molecule has 3 rings (SSSR count). The lowest BCUT2D eigenvalue weighted by molar-refractivity contribution is -0.131. The first-order valence-electron chi connectivity index (χ1n) is 8.22. The van der Waals surface area contributed by atoms with E-state index in [9.17, 15) is 0 Å². The molecule has 0 aromatic carbocycles. The molecule has 0 bridgehead atoms. The number of ether oxygens (including phenoxy) is 1. The first-order chi connectivity index (χ1) is 9.11. The van der Waals surface area contributed by atoms with Gasteiger partial charge in [0.2, 0.25) is 0 Å². The van der Waals surface area contributed by atoms with Gasteiger partial charge >= 0.3 is 0 Å². The summed E-state index contributed by atoms with van der Waals surface area (Å²) in [6, 6.07) is 0.823. The molecule has 2 N–H and O–H groups in total. The molecule has 0 aromatic rings. The Morgan fingerprint density at radius 3 is 2.53 bits per heavy atom. The van der Waals surface area contributed by atoms with Gasteiger partial charge in [-0.25, -0.2) is 0 Å². The van der Waals surface area contributed by atoms with Crippen LogP contribution in [0.3, 0.4) is 0 Å². The van der Waals surface area contributed by atoms with Gasteiger partial charge in [0.25, 0.3) is 0 Å². The number of hydrogen-bond acceptors (Lipinski definition) is 3. The first-order valence-corrected chi connectivity index (χ1v) is 8.22. The number of hydrogen-bond donors (Lipinski definition) is 1. The van der Waals surface area contributed by atoms with Crippen LogP contribution in [-0.4, -0.2) is 41.8 Å². The van der Waals surface area contributed by atoms with Gasteiger partial charge in [-0.2, -0.15) is 0 Å². The van der Waals surface area contributed by atoms with Crippen molar-refractivity contribution in [2.45, 2.75) is 76.0 Å². The van der Waals surface area contributed by atoms with E-state index in [2.05, 4.69) is 18.7 Å². The zero-order chi connectivity index (χ0) is 13.5. The normalized spacial score (nSPS) is 39.8. The third-order valence-electron chi connectivity index (χ3n) is 5.60. The Hall–Kier alpha value is -0.120. The summed E-state index contributed by atoms with van der Waals surface area (Å²) in [4.78, 5) is 2.81. The lowest BCUT2D eigenvalue weighted by Crippen LogP contribution is -2.62. The second-order valence-electron chi connectivity index (χ2n) is 7.33. The van der Waals surface area contributed by atoms with Crippen molar-refractivity contribution in [2.24, 2.45) is 11.7 Å². The summed E-state index contributed by atoms with van der Waals surface area (Å²) in [5.74, 6) is 0.958. The van der Waals surface area contributed by atoms with Gasteiger partial charge in [0, 0.05) is 31.3 Å². The molecular formula is C16H30N2O. The molecule has 3 fully saturated rings. The Kier molecular flexibility index (Phi) is 3.65. The van der Waals surface area contributed by atoms with Crippen LogP contribution in [0.15, 0.2) is 0 Å². The zero-order valence-electron chi connectivity index (χ0n) is 12.7. The van der Waals surface area contributed by atoms with Gasteiger partial charge < -0.3 is 10.5 Å². The molecule has 1 saturated heterocycles. The highest BCUT2D eigenvalue weighted by atomic mass is 16.5. The molecule has 110 valence electrons. The van der Waals surface area contributed by atoms with Gasteiger partial charge in [-0.15, -0.1) is 0 Å². The summed E-state index contributed by atoms with van der Waals surface area (Å²) in [7, 11) is 0. The minimum Gasteiger partial charge on any atom is -0.375 e. The van der Waals surface area contributed by atoms with Crippen molar-refractivity contribution in [1.82, 2.24) is 4.90 Å². The van der Waals surface area contributed by atoms with Crippen LogP contribution in [0.25, 0.3) is 0 Å². The van der Waals surface area contributed by atoms with Crippen molar-refractivity contribution in [3.8, 4) is 0 Å². The summed E-state index contributed by atoms with van der Waals surface area (Å²) < 4.78 is 6.06. The van der Waals surface area contributed by atoms with E-state index in [4.69, 9.17) is 10.5 Å². The summed E-state index contributed by atoms with van der Waals surface area (Å²) in [6.07, 6.45) is 8.99. The molecule has 2 unspecified atom stereocenters. The average Bonchev–Trinajstić information content (AvgIpc) is 3.28. The van der Waals surface area contributed by atoms with Crippen LogP contribution in [-0.2, 0) is 4.74 Å². The largest absolute Gasteiger partial charge is 0.375 e. The molecule has 1 aliphatic heterocycles. The molecule has 3 aliphatic rings. The van der Waals surface area contributed by atoms with E-state index in [1.165, 1.54) is 32.2 Å². The van der Waals surface area contributed by atoms with E-state index in [1.54, 1.807) is 0 Å². The first kappa shape index (κ1) is 13.8. The minimum atomic E-state index is 0.0360. The molecule has 0 spiro atoms. The fourth-order valence-corrected chi connectivity index (χ4v) is 3.78. The monoisotopic (exact) mass is 266 g/mol. The van der Waals surface area contributed by atoms with Crippen LogP contribution < -0.4 is 5.73 Å². The summed E-state index contributed by atoms with van der Waals surface area (Å²) in [5.41, 5.74) is 6.53. The van der Waals surface area contributed by atoms with Gasteiger partial charge in [-0.05, 0) is 57.8 Å². The van der Waals surface area contributed by atoms with E-state index in [1.807, 2.05) is 0 Å². The summed E-state index contributed by atoms with van der Waals surface area (Å²) >= 11 is 0. The molecule has 1 heterocycles. The maximum atomic E-state index is 6.28. The molecule has 2 aliphatic carbocycles. The summed E-state index contributed by atoms with van der Waals surface area (Å²) in [6.45, 7) is 7.50. The smallest absolute Gasteiger partial charge is 0.0670 e. The Labute approximate surface area is 117 Å². The Morgan fingerprint density at radius 2 is 2.00 bits per heavy atom. The molecule has 3 nitrogen and oxygen atoms in total. The van der Waals surface area contributed by atoms with Crippen molar-refractivity contribution >= 4 is 0 Å². The van der Waals surface area contributed by atoms with E-state index in [0.717, 1.165) is 44.4 Å². The predicted molar refractivity (Wildman–Crippen MR) is 78.1 cm³/mol. The molecule has 19 heavy (non-hydrogen) atoms. The van der Waals surface area contributed by atoms with Crippen LogP contribution >= 0.6 is 0 Å². The Bertz CT molecular complexity index is 327. The van der Waals surface area contributed by atoms with E-state index in [0.29, 0.717) is 0 Å². The highest BCUT2D eigenvalue weighted by molar-refractivity contribution is 5.05. The van der Waals surface area contributed by atoms with Gasteiger partial charge in [0.05, 0.1) is 5.60 Å². The second-order valence-corrected chi connectivity index (χ2v) is 7.33. The van der Waals surface area contributed by atoms with Crippen molar-refractivity contribution in [1.29, 1.82) is 0 Å². The van der Waals surface area contributed by atoms with E-state index >= 15 is 0 Å². The molecule has 2 saturated carbocycles. The summed E-state index contributed by atoms with van der Waals surface area (Å²) in [5, 5.41) is 0. The fourth-order valence-electron chi connectivity index (χ4n) is 3.78. The quantitative estimate of drug-likeness (QED) is 0.803. The maximum Gasteiger partial charge on any atom is 0.0670 e. The fraction of sp³-hybridized carbons (Fsp3) is 1.00. The van der Waals surface area contributed by atoms with Crippen molar-refractivity contribution in [2.75, 3.05) is 19.7 Å². The third kappa shape index (κ3) is 2.84. The Morgan fingerprint density at radius 1 is 1.26 bits per heavy atom. The predicted octanol–water partition coefficient (Wildman–Crippen LogP) is 2.54. The zero-order valence-corrected chi connectivity index (χ0v) is 12.7. The number of nitrogens with zero attached hydrogens (tertiary/aromatic N) is 1. The van der Waals surface area contributed by atoms with E-state index < -0.39 is 0 Å². The lowest BCUT2D eigenvalue weighted by Gasteiger charge is -2.52. The van der Waals surface area contributed by atoms with Crippen molar-refractivity contribution in [3.63, 3.8) is 0 Å². The molecule has 0 aromatic heterocycles. The van der Waals surface area contributed by atoms with Crippen molar-refractivity contribution < 1.29 is 4.74 Å². The maximum absolute atomic E-state index is 6.28. The molecule has 2 atom stereocenters. The standard InChI is InChI=1S/C16H30N2O/c1-3-15(2)11-16(12-17,8-9-19-15)18(14-6-7-14)10-13-4-5-13/h13-14H,3-12,17H2,1-2H3. The Balaban J connectivity index is 1.78. The van der Waals surface area contributed by atoms with Crippen LogP contribution in [0.2, 0.25) is 0 Å². The van der Waals surface area contributed by atoms with Gasteiger partial charge in [-0.3, -0.25) is 4.90 Å². The van der Waals surface area contributed by atoms with Crippen LogP contribution in [0.1, 0.15) is 58.8 Å². The van der Waals surface area contributed by atoms with Crippen LogP contribution in [0.5, 0.6) is 0 Å². The molecular weight excluding hydrogens is 236 g/mol. The van der Waals surface area contributed by atoms with Crippen LogP contribution in [0.4, 0.5) is 0 Å². The lowest BCUT2D eigenvalue weighted by atomic mass is 9.77. The highest BCUT2D eigenvalue weighted by Crippen LogP contribution is 2.45. The van der Waals surface area contributed by atoms with Gasteiger partial charge in [0.1, 0.15) is 0 Å². The van der Waals surface area contributed by atoms with E-state index in [-0.39, 0.29) is 11.1 Å². The minimum absolute atomic E-state index is 0.0360. The second kappa shape index (κ2) is 5.01. The molecule has 0 radical (unpaired) electrons. The van der Waals surface area contributed by atoms with Gasteiger partial charge in [-0.1, -0.05) is 6.92 Å². The highest BCUT2D eigenvalue weighted by Gasteiger charge is 2.50. The molecule has 0 amide bonds.